The van der Waals surface area contributed by atoms with Gasteiger partial charge >= 0.3 is 0 Å². The van der Waals surface area contributed by atoms with E-state index in [2.05, 4.69) is 13.8 Å². The fraction of sp³-hybridized carbons (Fsp3) is 0.889. The summed E-state index contributed by atoms with van der Waals surface area (Å²) in [5, 5.41) is 7.64. The molecule has 0 aromatic rings. The van der Waals surface area contributed by atoms with E-state index in [1.54, 1.807) is 0 Å². The molecular weight excluding hydrogens is 122 g/mol. The first-order chi connectivity index (χ1) is 4.79. The van der Waals surface area contributed by atoms with Crippen molar-refractivity contribution in [2.24, 2.45) is 11.8 Å². The van der Waals surface area contributed by atoms with Crippen molar-refractivity contribution in [1.29, 1.82) is 5.41 Å². The molecule has 0 aromatic heterocycles. The maximum Gasteiger partial charge on any atom is 0.0123 e. The van der Waals surface area contributed by atoms with Crippen LogP contribution in [0.5, 0.6) is 0 Å². The van der Waals surface area contributed by atoms with Crippen LogP contribution < -0.4 is 0 Å². The van der Waals surface area contributed by atoms with E-state index in [1.807, 2.05) is 0 Å². The molecule has 1 saturated carbocycles. The number of hydrogen-bond acceptors (Lipinski definition) is 1. The molecule has 0 radical (unpaired) electrons. The van der Waals surface area contributed by atoms with E-state index < -0.39 is 0 Å². The first-order valence-corrected chi connectivity index (χ1v) is 4.36. The minimum Gasteiger partial charge on any atom is -0.309 e. The third-order valence-corrected chi connectivity index (χ3v) is 2.77. The average Bonchev–Trinajstić information content (AvgIpc) is 2.30. The van der Waals surface area contributed by atoms with Gasteiger partial charge in [-0.2, -0.15) is 0 Å². The smallest absolute Gasteiger partial charge is 0.0123 e. The van der Waals surface area contributed by atoms with Crippen LogP contribution in [0.3, 0.4) is 0 Å². The molecule has 0 spiro atoms. The monoisotopic (exact) mass is 139 g/mol. The highest BCUT2D eigenvalue weighted by Gasteiger charge is 2.28. The molecule has 1 aliphatic carbocycles. The summed E-state index contributed by atoms with van der Waals surface area (Å²) in [6.07, 6.45) is 4.78. The van der Waals surface area contributed by atoms with Crippen molar-refractivity contribution in [3.63, 3.8) is 0 Å². The lowest BCUT2D eigenvalue weighted by Crippen LogP contribution is -2.11. The second kappa shape index (κ2) is 3.18. The van der Waals surface area contributed by atoms with Crippen molar-refractivity contribution in [3.05, 3.63) is 0 Å². The lowest BCUT2D eigenvalue weighted by Gasteiger charge is -2.14. The fourth-order valence-electron chi connectivity index (χ4n) is 2.08. The van der Waals surface area contributed by atoms with Crippen LogP contribution in [-0.2, 0) is 0 Å². The van der Waals surface area contributed by atoms with Crippen LogP contribution in [0, 0.1) is 17.2 Å². The van der Waals surface area contributed by atoms with Crippen LogP contribution in [0.4, 0.5) is 0 Å². The maximum atomic E-state index is 7.64. The van der Waals surface area contributed by atoms with Crippen LogP contribution in [0.1, 0.15) is 39.5 Å². The SMILES string of the molecule is CCC1CCC(=N)C1CC. The predicted octanol–water partition coefficient (Wildman–Crippen LogP) is 2.85. The van der Waals surface area contributed by atoms with Gasteiger partial charge in [0.25, 0.3) is 0 Å². The number of rotatable bonds is 2. The van der Waals surface area contributed by atoms with Gasteiger partial charge in [0.2, 0.25) is 0 Å². The highest BCUT2D eigenvalue weighted by atomic mass is 14.5. The molecule has 1 aliphatic rings. The summed E-state index contributed by atoms with van der Waals surface area (Å²) < 4.78 is 0. The topological polar surface area (TPSA) is 23.9 Å². The van der Waals surface area contributed by atoms with Crippen molar-refractivity contribution >= 4 is 5.71 Å². The van der Waals surface area contributed by atoms with E-state index in [1.165, 1.54) is 19.3 Å². The zero-order valence-electron chi connectivity index (χ0n) is 6.98. The molecule has 0 aliphatic heterocycles. The van der Waals surface area contributed by atoms with Crippen molar-refractivity contribution in [2.75, 3.05) is 0 Å². The zero-order chi connectivity index (χ0) is 7.56. The maximum absolute atomic E-state index is 7.64. The Morgan fingerprint density at radius 3 is 2.50 bits per heavy atom. The molecular formula is C9H17N. The number of nitrogens with one attached hydrogen (secondary N) is 1. The fourth-order valence-corrected chi connectivity index (χ4v) is 2.08. The van der Waals surface area contributed by atoms with E-state index in [4.69, 9.17) is 5.41 Å². The van der Waals surface area contributed by atoms with E-state index in [9.17, 15) is 0 Å². The van der Waals surface area contributed by atoms with E-state index >= 15 is 0 Å². The lowest BCUT2D eigenvalue weighted by atomic mass is 9.91. The molecule has 10 heavy (non-hydrogen) atoms. The van der Waals surface area contributed by atoms with Crippen LogP contribution in [0.2, 0.25) is 0 Å². The van der Waals surface area contributed by atoms with Gasteiger partial charge in [-0.1, -0.05) is 20.3 Å². The Bertz CT molecular complexity index is 129. The minimum absolute atomic E-state index is 0.630. The summed E-state index contributed by atoms with van der Waals surface area (Å²) in [7, 11) is 0. The summed E-state index contributed by atoms with van der Waals surface area (Å²) in [5.74, 6) is 1.46. The Labute approximate surface area is 63.3 Å². The summed E-state index contributed by atoms with van der Waals surface area (Å²) in [6, 6.07) is 0. The average molecular weight is 139 g/mol. The summed E-state index contributed by atoms with van der Waals surface area (Å²) >= 11 is 0. The third-order valence-electron chi connectivity index (χ3n) is 2.77. The molecule has 2 atom stereocenters. The molecule has 1 heteroatoms. The van der Waals surface area contributed by atoms with Gasteiger partial charge in [0.05, 0.1) is 0 Å². The largest absolute Gasteiger partial charge is 0.309 e. The normalized spacial score (nSPS) is 33.2. The molecule has 0 bridgehead atoms. The summed E-state index contributed by atoms with van der Waals surface area (Å²) in [5.41, 5.74) is 1.01. The Morgan fingerprint density at radius 1 is 1.40 bits per heavy atom. The van der Waals surface area contributed by atoms with Crippen molar-refractivity contribution in [3.8, 4) is 0 Å². The molecule has 1 nitrogen and oxygen atoms in total. The van der Waals surface area contributed by atoms with Gasteiger partial charge in [-0.15, -0.1) is 0 Å². The Morgan fingerprint density at radius 2 is 2.10 bits per heavy atom. The third kappa shape index (κ3) is 1.23. The molecule has 1 N–H and O–H groups in total. The van der Waals surface area contributed by atoms with Crippen LogP contribution in [0.25, 0.3) is 0 Å². The first-order valence-electron chi connectivity index (χ1n) is 4.36. The first kappa shape index (κ1) is 7.77. The van der Waals surface area contributed by atoms with Gasteiger partial charge in [0.1, 0.15) is 0 Å². The molecule has 1 fully saturated rings. The second-order valence-corrected chi connectivity index (χ2v) is 3.25. The molecule has 0 saturated heterocycles. The highest BCUT2D eigenvalue weighted by Crippen LogP contribution is 2.33. The van der Waals surface area contributed by atoms with Gasteiger partial charge in [-0.05, 0) is 31.1 Å². The summed E-state index contributed by atoms with van der Waals surface area (Å²) in [6.45, 7) is 4.44. The quantitative estimate of drug-likeness (QED) is 0.608. The molecule has 0 aromatic carbocycles. The van der Waals surface area contributed by atoms with Crippen molar-refractivity contribution < 1.29 is 0 Å². The summed E-state index contributed by atoms with van der Waals surface area (Å²) in [4.78, 5) is 0. The minimum atomic E-state index is 0.630. The lowest BCUT2D eigenvalue weighted by molar-refractivity contribution is 0.415. The van der Waals surface area contributed by atoms with Crippen molar-refractivity contribution in [2.45, 2.75) is 39.5 Å². The van der Waals surface area contributed by atoms with Gasteiger partial charge < -0.3 is 5.41 Å². The molecule has 1 rings (SSSR count). The van der Waals surface area contributed by atoms with Gasteiger partial charge in [-0.3, -0.25) is 0 Å². The Kier molecular flexibility index (Phi) is 2.47. The zero-order valence-corrected chi connectivity index (χ0v) is 6.98. The Hall–Kier alpha value is -0.330. The highest BCUT2D eigenvalue weighted by molar-refractivity contribution is 5.85. The number of hydrogen-bond donors (Lipinski definition) is 1. The van der Waals surface area contributed by atoms with Crippen LogP contribution >= 0.6 is 0 Å². The molecule has 58 valence electrons. The van der Waals surface area contributed by atoms with Crippen LogP contribution in [0.15, 0.2) is 0 Å². The van der Waals surface area contributed by atoms with E-state index in [0.717, 1.165) is 18.1 Å². The van der Waals surface area contributed by atoms with E-state index in [0.29, 0.717) is 5.92 Å². The standard InChI is InChI=1S/C9H17N/c1-3-7-5-6-9(10)8(7)4-2/h7-8,10H,3-6H2,1-2H3. The Balaban J connectivity index is 2.54. The van der Waals surface area contributed by atoms with Gasteiger partial charge in [0.15, 0.2) is 0 Å². The predicted molar refractivity (Wildman–Crippen MR) is 44.5 cm³/mol. The van der Waals surface area contributed by atoms with E-state index in [-0.39, 0.29) is 0 Å². The van der Waals surface area contributed by atoms with Crippen LogP contribution in [-0.4, -0.2) is 5.71 Å². The van der Waals surface area contributed by atoms with Gasteiger partial charge in [-0.25, -0.2) is 0 Å². The molecule has 0 amide bonds. The van der Waals surface area contributed by atoms with Gasteiger partial charge in [0, 0.05) is 5.71 Å². The molecule has 0 heterocycles. The van der Waals surface area contributed by atoms with Crippen molar-refractivity contribution in [1.82, 2.24) is 0 Å². The molecule has 2 unspecified atom stereocenters. The second-order valence-electron chi connectivity index (χ2n) is 3.25.